The van der Waals surface area contributed by atoms with Crippen molar-refractivity contribution in [1.29, 1.82) is 0 Å². The molecule has 7 heteroatoms. The summed E-state index contributed by atoms with van der Waals surface area (Å²) in [5.41, 5.74) is 2.12. The van der Waals surface area contributed by atoms with Crippen LogP contribution in [-0.2, 0) is 16.1 Å². The summed E-state index contributed by atoms with van der Waals surface area (Å²) >= 11 is 1.31. The highest BCUT2D eigenvalue weighted by Gasteiger charge is 2.23. The molecular formula is C18H22N4O2S. The molecule has 0 saturated carbocycles. The number of thiazole rings is 1. The van der Waals surface area contributed by atoms with E-state index in [0.717, 1.165) is 38.2 Å². The van der Waals surface area contributed by atoms with Gasteiger partial charge >= 0.3 is 11.8 Å². The number of carbonyl (C=O) groups is 2. The maximum Gasteiger partial charge on any atom is 0.315 e. The second-order valence-corrected chi connectivity index (χ2v) is 7.12. The minimum Gasteiger partial charge on any atom is -0.345 e. The van der Waals surface area contributed by atoms with E-state index >= 15 is 0 Å². The summed E-state index contributed by atoms with van der Waals surface area (Å²) in [6.07, 6.45) is 1.70. The number of piperidine rings is 1. The van der Waals surface area contributed by atoms with Gasteiger partial charge < -0.3 is 5.32 Å². The van der Waals surface area contributed by atoms with Crippen LogP contribution in [0.15, 0.2) is 35.7 Å². The maximum absolute atomic E-state index is 12.0. The Bertz CT molecular complexity index is 724. The molecule has 0 aliphatic carbocycles. The highest BCUT2D eigenvalue weighted by molar-refractivity contribution is 7.14. The molecule has 0 bridgehead atoms. The molecule has 2 aromatic rings. The molecule has 6 nitrogen and oxygen atoms in total. The van der Waals surface area contributed by atoms with Gasteiger partial charge in [0.15, 0.2) is 5.13 Å². The first-order valence-corrected chi connectivity index (χ1v) is 9.28. The summed E-state index contributed by atoms with van der Waals surface area (Å²) in [7, 11) is 0. The van der Waals surface area contributed by atoms with Gasteiger partial charge in [0.2, 0.25) is 0 Å². The first-order chi connectivity index (χ1) is 12.1. The zero-order chi connectivity index (χ0) is 17.6. The van der Waals surface area contributed by atoms with Gasteiger partial charge in [0, 0.05) is 31.1 Å². The molecule has 1 saturated heterocycles. The molecular weight excluding hydrogens is 336 g/mol. The van der Waals surface area contributed by atoms with E-state index in [1.807, 2.05) is 30.5 Å². The predicted octanol–water partition coefficient (Wildman–Crippen LogP) is 2.17. The summed E-state index contributed by atoms with van der Waals surface area (Å²) in [5, 5.41) is 7.65. The molecule has 2 heterocycles. The number of hydrogen-bond acceptors (Lipinski definition) is 5. The summed E-state index contributed by atoms with van der Waals surface area (Å²) in [6.45, 7) is 4.58. The molecule has 0 spiro atoms. The number of carbonyl (C=O) groups excluding carboxylic acids is 2. The van der Waals surface area contributed by atoms with E-state index in [1.54, 1.807) is 0 Å². The Kier molecular flexibility index (Phi) is 5.78. The third-order valence-electron chi connectivity index (χ3n) is 4.22. The summed E-state index contributed by atoms with van der Waals surface area (Å²) in [5.74, 6) is -1.24. The highest BCUT2D eigenvalue weighted by atomic mass is 32.1. The van der Waals surface area contributed by atoms with Crippen molar-refractivity contribution in [2.24, 2.45) is 0 Å². The van der Waals surface area contributed by atoms with E-state index < -0.39 is 11.8 Å². The summed E-state index contributed by atoms with van der Waals surface area (Å²) in [4.78, 5) is 30.5. The Morgan fingerprint density at radius 3 is 2.56 bits per heavy atom. The van der Waals surface area contributed by atoms with E-state index in [4.69, 9.17) is 0 Å². The van der Waals surface area contributed by atoms with Gasteiger partial charge in [-0.05, 0) is 25.3 Å². The van der Waals surface area contributed by atoms with E-state index in [-0.39, 0.29) is 6.04 Å². The van der Waals surface area contributed by atoms with Crippen molar-refractivity contribution in [3.63, 3.8) is 0 Å². The van der Waals surface area contributed by atoms with Crippen LogP contribution in [0.3, 0.4) is 0 Å². The molecule has 0 unspecified atom stereocenters. The first-order valence-electron chi connectivity index (χ1n) is 8.40. The van der Waals surface area contributed by atoms with Gasteiger partial charge in [-0.15, -0.1) is 11.3 Å². The van der Waals surface area contributed by atoms with E-state index in [0.29, 0.717) is 5.13 Å². The SMILES string of the molecule is Cc1csc(NC(=O)C(=O)NC2CCN(Cc3ccccc3)CC2)n1. The quantitative estimate of drug-likeness (QED) is 0.822. The zero-order valence-corrected chi connectivity index (χ0v) is 15.0. The third kappa shape index (κ3) is 5.11. The van der Waals surface area contributed by atoms with Crippen molar-refractivity contribution in [3.8, 4) is 0 Å². The second kappa shape index (κ2) is 8.22. The maximum atomic E-state index is 12.0. The van der Waals surface area contributed by atoms with Crippen LogP contribution in [0.1, 0.15) is 24.1 Å². The fourth-order valence-corrected chi connectivity index (χ4v) is 3.58. The van der Waals surface area contributed by atoms with Crippen LogP contribution in [0.2, 0.25) is 0 Å². The lowest BCUT2D eigenvalue weighted by molar-refractivity contribution is -0.136. The Morgan fingerprint density at radius 1 is 1.20 bits per heavy atom. The van der Waals surface area contributed by atoms with Gasteiger partial charge in [-0.1, -0.05) is 30.3 Å². The second-order valence-electron chi connectivity index (χ2n) is 6.26. The predicted molar refractivity (Wildman–Crippen MR) is 98.4 cm³/mol. The van der Waals surface area contributed by atoms with Crippen LogP contribution in [0.25, 0.3) is 0 Å². The Labute approximate surface area is 151 Å². The molecule has 1 aliphatic heterocycles. The van der Waals surface area contributed by atoms with Crippen molar-refractivity contribution < 1.29 is 9.59 Å². The molecule has 2 amide bonds. The molecule has 25 heavy (non-hydrogen) atoms. The average molecular weight is 358 g/mol. The third-order valence-corrected chi connectivity index (χ3v) is 5.09. The average Bonchev–Trinajstić information content (AvgIpc) is 3.02. The molecule has 2 N–H and O–H groups in total. The van der Waals surface area contributed by atoms with E-state index in [9.17, 15) is 9.59 Å². The lowest BCUT2D eigenvalue weighted by Gasteiger charge is -2.32. The number of likely N-dealkylation sites (tertiary alicyclic amines) is 1. The Morgan fingerprint density at radius 2 is 1.92 bits per heavy atom. The number of nitrogens with zero attached hydrogens (tertiary/aromatic N) is 2. The molecule has 1 aromatic heterocycles. The van der Waals surface area contributed by atoms with Crippen molar-refractivity contribution in [1.82, 2.24) is 15.2 Å². The normalized spacial score (nSPS) is 15.7. The lowest BCUT2D eigenvalue weighted by Crippen LogP contribution is -2.47. The Hall–Kier alpha value is -2.25. The number of hydrogen-bond donors (Lipinski definition) is 2. The fraction of sp³-hybridized carbons (Fsp3) is 0.389. The molecule has 1 fully saturated rings. The zero-order valence-electron chi connectivity index (χ0n) is 14.2. The van der Waals surface area contributed by atoms with Gasteiger partial charge in [0.05, 0.1) is 5.69 Å². The van der Waals surface area contributed by atoms with Crippen molar-refractivity contribution >= 4 is 28.3 Å². The number of nitrogens with one attached hydrogen (secondary N) is 2. The van der Waals surface area contributed by atoms with Gasteiger partial charge in [0.25, 0.3) is 0 Å². The number of rotatable bonds is 4. The van der Waals surface area contributed by atoms with Gasteiger partial charge in [-0.2, -0.15) is 0 Å². The smallest absolute Gasteiger partial charge is 0.315 e. The van der Waals surface area contributed by atoms with Crippen LogP contribution in [-0.4, -0.2) is 40.8 Å². The minimum atomic E-state index is -0.652. The Balaban J connectivity index is 1.42. The van der Waals surface area contributed by atoms with E-state index in [2.05, 4.69) is 32.7 Å². The number of aromatic nitrogens is 1. The molecule has 1 aromatic carbocycles. The monoisotopic (exact) mass is 358 g/mol. The van der Waals surface area contributed by atoms with Crippen LogP contribution in [0, 0.1) is 6.92 Å². The van der Waals surface area contributed by atoms with E-state index in [1.165, 1.54) is 16.9 Å². The van der Waals surface area contributed by atoms with Crippen LogP contribution >= 0.6 is 11.3 Å². The lowest BCUT2D eigenvalue weighted by atomic mass is 10.0. The molecule has 3 rings (SSSR count). The summed E-state index contributed by atoms with van der Waals surface area (Å²) in [6, 6.07) is 10.4. The van der Waals surface area contributed by atoms with Crippen molar-refractivity contribution in [2.45, 2.75) is 32.4 Å². The number of anilines is 1. The largest absolute Gasteiger partial charge is 0.345 e. The van der Waals surface area contributed by atoms with Crippen molar-refractivity contribution in [2.75, 3.05) is 18.4 Å². The minimum absolute atomic E-state index is 0.0447. The summed E-state index contributed by atoms with van der Waals surface area (Å²) < 4.78 is 0. The van der Waals surface area contributed by atoms with Crippen LogP contribution in [0.5, 0.6) is 0 Å². The number of aryl methyl sites for hydroxylation is 1. The number of amides is 2. The van der Waals surface area contributed by atoms with Gasteiger partial charge in [-0.25, -0.2) is 4.98 Å². The molecule has 0 atom stereocenters. The van der Waals surface area contributed by atoms with Crippen molar-refractivity contribution in [3.05, 3.63) is 47.0 Å². The van der Waals surface area contributed by atoms with Crippen LogP contribution in [0.4, 0.5) is 5.13 Å². The van der Waals surface area contributed by atoms with Crippen LogP contribution < -0.4 is 10.6 Å². The fourth-order valence-electron chi connectivity index (χ4n) is 2.89. The first kappa shape index (κ1) is 17.6. The standard InChI is InChI=1S/C18H22N4O2S/c1-13-12-25-18(19-13)21-17(24)16(23)20-15-7-9-22(10-8-15)11-14-5-3-2-4-6-14/h2-6,12,15H,7-11H2,1H3,(H,20,23)(H,19,21,24). The molecule has 132 valence electrons. The molecule has 1 aliphatic rings. The topological polar surface area (TPSA) is 74.3 Å². The number of benzene rings is 1. The van der Waals surface area contributed by atoms with Gasteiger partial charge in [0.1, 0.15) is 0 Å². The van der Waals surface area contributed by atoms with Gasteiger partial charge in [-0.3, -0.25) is 19.8 Å². The highest BCUT2D eigenvalue weighted by Crippen LogP contribution is 2.15. The molecule has 0 radical (unpaired) electrons.